The van der Waals surface area contributed by atoms with Crippen LogP contribution >= 0.6 is 0 Å². The maximum atomic E-state index is 12.0. The largest absolute Gasteiger partial charge is 0.496 e. The second-order valence-electron chi connectivity index (χ2n) is 3.99. The van der Waals surface area contributed by atoms with Gasteiger partial charge in [0.2, 0.25) is 0 Å². The highest BCUT2D eigenvalue weighted by Crippen LogP contribution is 2.19. The predicted octanol–water partition coefficient (Wildman–Crippen LogP) is 2.53. The Morgan fingerprint density at radius 2 is 2.19 bits per heavy atom. The van der Waals surface area contributed by atoms with Crippen molar-refractivity contribution in [1.29, 1.82) is 0 Å². The first-order chi connectivity index (χ1) is 7.58. The van der Waals surface area contributed by atoms with Crippen LogP contribution in [0.5, 0.6) is 5.75 Å². The van der Waals surface area contributed by atoms with E-state index in [1.165, 1.54) is 0 Å². The zero-order valence-corrected chi connectivity index (χ0v) is 10.3. The normalized spacial score (nSPS) is 12.0. The van der Waals surface area contributed by atoms with Crippen molar-refractivity contribution in [3.05, 3.63) is 29.3 Å². The van der Waals surface area contributed by atoms with Crippen LogP contribution in [-0.4, -0.2) is 19.1 Å². The van der Waals surface area contributed by atoms with E-state index in [-0.39, 0.29) is 11.9 Å². The van der Waals surface area contributed by atoms with Gasteiger partial charge in [0.15, 0.2) is 0 Å². The van der Waals surface area contributed by atoms with Gasteiger partial charge in [-0.25, -0.2) is 0 Å². The highest BCUT2D eigenvalue weighted by atomic mass is 16.5. The average molecular weight is 221 g/mol. The molecule has 0 saturated carbocycles. The summed E-state index contributed by atoms with van der Waals surface area (Å²) in [6.45, 7) is 5.98. The Morgan fingerprint density at radius 3 is 2.75 bits per heavy atom. The van der Waals surface area contributed by atoms with Gasteiger partial charge in [-0.05, 0) is 32.4 Å². The molecule has 0 radical (unpaired) electrons. The molecule has 0 aromatic heterocycles. The third-order valence-corrected chi connectivity index (χ3v) is 2.59. The SMILES string of the molecule is CCC(C)NC(=O)c1cc(C)ccc1OC. The average Bonchev–Trinajstić information content (AvgIpc) is 2.28. The first-order valence-electron chi connectivity index (χ1n) is 5.54. The van der Waals surface area contributed by atoms with Crippen LogP contribution in [0.1, 0.15) is 36.2 Å². The van der Waals surface area contributed by atoms with E-state index < -0.39 is 0 Å². The number of nitrogens with one attached hydrogen (secondary N) is 1. The van der Waals surface area contributed by atoms with Crippen LogP contribution in [0.25, 0.3) is 0 Å². The number of hydrogen-bond acceptors (Lipinski definition) is 2. The molecule has 0 fully saturated rings. The van der Waals surface area contributed by atoms with Crippen molar-refractivity contribution in [3.63, 3.8) is 0 Å². The summed E-state index contributed by atoms with van der Waals surface area (Å²) in [7, 11) is 1.57. The Hall–Kier alpha value is -1.51. The fourth-order valence-corrected chi connectivity index (χ4v) is 1.40. The van der Waals surface area contributed by atoms with Gasteiger partial charge in [0.25, 0.3) is 5.91 Å². The summed E-state index contributed by atoms with van der Waals surface area (Å²) in [5.74, 6) is 0.543. The number of amides is 1. The van der Waals surface area contributed by atoms with Gasteiger partial charge in [0.05, 0.1) is 12.7 Å². The van der Waals surface area contributed by atoms with E-state index in [9.17, 15) is 4.79 Å². The van der Waals surface area contributed by atoms with Crippen LogP contribution in [0.3, 0.4) is 0 Å². The zero-order valence-electron chi connectivity index (χ0n) is 10.3. The molecule has 16 heavy (non-hydrogen) atoms. The lowest BCUT2D eigenvalue weighted by Gasteiger charge is -2.13. The monoisotopic (exact) mass is 221 g/mol. The molecule has 0 aliphatic heterocycles. The van der Waals surface area contributed by atoms with Crippen molar-refractivity contribution < 1.29 is 9.53 Å². The van der Waals surface area contributed by atoms with E-state index in [2.05, 4.69) is 5.32 Å². The molecule has 1 N–H and O–H groups in total. The summed E-state index contributed by atoms with van der Waals surface area (Å²) in [5.41, 5.74) is 1.65. The van der Waals surface area contributed by atoms with Gasteiger partial charge in [-0.2, -0.15) is 0 Å². The van der Waals surface area contributed by atoms with E-state index in [4.69, 9.17) is 4.74 Å². The van der Waals surface area contributed by atoms with E-state index in [0.717, 1.165) is 12.0 Å². The molecule has 1 unspecified atom stereocenters. The van der Waals surface area contributed by atoms with Gasteiger partial charge < -0.3 is 10.1 Å². The Labute approximate surface area is 96.8 Å². The molecule has 3 heteroatoms. The Balaban J connectivity index is 2.93. The lowest BCUT2D eigenvalue weighted by atomic mass is 10.1. The number of methoxy groups -OCH3 is 1. The molecule has 0 heterocycles. The summed E-state index contributed by atoms with van der Waals surface area (Å²) in [5, 5.41) is 2.93. The Bertz CT molecular complexity index is 374. The first-order valence-corrected chi connectivity index (χ1v) is 5.54. The second kappa shape index (κ2) is 5.54. The molecule has 1 aromatic carbocycles. The number of hydrogen-bond donors (Lipinski definition) is 1. The van der Waals surface area contributed by atoms with Gasteiger partial charge >= 0.3 is 0 Å². The maximum Gasteiger partial charge on any atom is 0.255 e. The van der Waals surface area contributed by atoms with Crippen molar-refractivity contribution >= 4 is 5.91 Å². The third-order valence-electron chi connectivity index (χ3n) is 2.59. The summed E-state index contributed by atoms with van der Waals surface area (Å²) < 4.78 is 5.18. The van der Waals surface area contributed by atoms with Crippen LogP contribution in [0.15, 0.2) is 18.2 Å². The molecule has 0 aliphatic carbocycles. The smallest absolute Gasteiger partial charge is 0.255 e. The second-order valence-corrected chi connectivity index (χ2v) is 3.99. The third kappa shape index (κ3) is 2.99. The summed E-state index contributed by atoms with van der Waals surface area (Å²) in [6, 6.07) is 5.77. The molecule has 88 valence electrons. The van der Waals surface area contributed by atoms with E-state index in [1.54, 1.807) is 7.11 Å². The zero-order chi connectivity index (χ0) is 12.1. The fraction of sp³-hybridized carbons (Fsp3) is 0.462. The van der Waals surface area contributed by atoms with Crippen molar-refractivity contribution in [2.75, 3.05) is 7.11 Å². The molecule has 0 spiro atoms. The van der Waals surface area contributed by atoms with Crippen molar-refractivity contribution in [2.24, 2.45) is 0 Å². The molecule has 0 saturated heterocycles. The lowest BCUT2D eigenvalue weighted by molar-refractivity contribution is 0.0936. The van der Waals surface area contributed by atoms with Gasteiger partial charge in [-0.3, -0.25) is 4.79 Å². The molecule has 1 rings (SSSR count). The van der Waals surface area contributed by atoms with Crippen LogP contribution in [-0.2, 0) is 0 Å². The molecular formula is C13H19NO2. The molecule has 1 atom stereocenters. The molecule has 3 nitrogen and oxygen atoms in total. The van der Waals surface area contributed by atoms with Crippen molar-refractivity contribution in [2.45, 2.75) is 33.2 Å². The lowest BCUT2D eigenvalue weighted by Crippen LogP contribution is -2.32. The predicted molar refractivity (Wildman–Crippen MR) is 65.0 cm³/mol. The quantitative estimate of drug-likeness (QED) is 0.848. The molecule has 1 amide bonds. The van der Waals surface area contributed by atoms with Crippen molar-refractivity contribution in [1.82, 2.24) is 5.32 Å². The number of carbonyl (C=O) groups is 1. The molecule has 0 bridgehead atoms. The molecule has 1 aromatic rings. The minimum absolute atomic E-state index is 0.0742. The van der Waals surface area contributed by atoms with Gasteiger partial charge in [-0.1, -0.05) is 18.6 Å². The highest BCUT2D eigenvalue weighted by molar-refractivity contribution is 5.97. The maximum absolute atomic E-state index is 12.0. The molecular weight excluding hydrogens is 202 g/mol. The van der Waals surface area contributed by atoms with Gasteiger partial charge in [0, 0.05) is 6.04 Å². The number of ether oxygens (including phenoxy) is 1. The van der Waals surface area contributed by atoms with Crippen LogP contribution in [0.4, 0.5) is 0 Å². The fourth-order valence-electron chi connectivity index (χ4n) is 1.40. The van der Waals surface area contributed by atoms with E-state index >= 15 is 0 Å². The van der Waals surface area contributed by atoms with E-state index in [0.29, 0.717) is 11.3 Å². The summed E-state index contributed by atoms with van der Waals surface area (Å²) in [6.07, 6.45) is 0.917. The first kappa shape index (κ1) is 12.6. The van der Waals surface area contributed by atoms with Crippen LogP contribution in [0.2, 0.25) is 0 Å². The van der Waals surface area contributed by atoms with Crippen LogP contribution < -0.4 is 10.1 Å². The number of rotatable bonds is 4. The van der Waals surface area contributed by atoms with E-state index in [1.807, 2.05) is 39.0 Å². The Morgan fingerprint density at radius 1 is 1.50 bits per heavy atom. The van der Waals surface area contributed by atoms with Gasteiger partial charge in [-0.15, -0.1) is 0 Å². The van der Waals surface area contributed by atoms with Crippen molar-refractivity contribution in [3.8, 4) is 5.75 Å². The highest BCUT2D eigenvalue weighted by Gasteiger charge is 2.13. The number of benzene rings is 1. The summed E-state index contributed by atoms with van der Waals surface area (Å²) in [4.78, 5) is 12.0. The Kier molecular flexibility index (Phi) is 4.35. The molecule has 0 aliphatic rings. The topological polar surface area (TPSA) is 38.3 Å². The standard InChI is InChI=1S/C13H19NO2/c1-5-10(3)14-13(15)11-8-9(2)6-7-12(11)16-4/h6-8,10H,5H2,1-4H3,(H,14,15). The minimum Gasteiger partial charge on any atom is -0.496 e. The number of carbonyl (C=O) groups excluding carboxylic acids is 1. The minimum atomic E-state index is -0.0742. The number of aryl methyl sites for hydroxylation is 1. The van der Waals surface area contributed by atoms with Gasteiger partial charge in [0.1, 0.15) is 5.75 Å². The van der Waals surface area contributed by atoms with Crippen LogP contribution in [0, 0.1) is 6.92 Å². The summed E-state index contributed by atoms with van der Waals surface area (Å²) >= 11 is 0.